The Bertz CT molecular complexity index is 728. The number of pyridine rings is 1. The SMILES string of the molecule is CN(C[C@@H]1COc2ccccc2O1)C(=O)CSc1ncccc1Cl. The number of thioether (sulfide) groups is 1. The summed E-state index contributed by atoms with van der Waals surface area (Å²) < 4.78 is 11.5. The predicted molar refractivity (Wildman–Crippen MR) is 94.0 cm³/mol. The number of likely N-dealkylation sites (N-methyl/N-ethyl adjacent to an activating group) is 1. The second-order valence-electron chi connectivity index (χ2n) is 5.35. The van der Waals surface area contributed by atoms with Gasteiger partial charge in [-0.1, -0.05) is 35.5 Å². The molecule has 1 aromatic heterocycles. The molecule has 1 aromatic carbocycles. The van der Waals surface area contributed by atoms with Crippen LogP contribution < -0.4 is 9.47 Å². The average molecular weight is 365 g/mol. The molecule has 0 N–H and O–H groups in total. The molecular weight excluding hydrogens is 348 g/mol. The van der Waals surface area contributed by atoms with Gasteiger partial charge in [0, 0.05) is 13.2 Å². The number of benzene rings is 1. The van der Waals surface area contributed by atoms with Gasteiger partial charge in [0.1, 0.15) is 11.6 Å². The summed E-state index contributed by atoms with van der Waals surface area (Å²) in [6.07, 6.45) is 1.48. The van der Waals surface area contributed by atoms with Crippen LogP contribution in [0.4, 0.5) is 0 Å². The second kappa shape index (κ2) is 7.77. The first-order valence-corrected chi connectivity index (χ1v) is 8.85. The van der Waals surface area contributed by atoms with Gasteiger partial charge in [-0.05, 0) is 24.3 Å². The zero-order chi connectivity index (χ0) is 16.9. The van der Waals surface area contributed by atoms with Crippen molar-refractivity contribution in [3.63, 3.8) is 0 Å². The molecule has 3 rings (SSSR count). The topological polar surface area (TPSA) is 51.7 Å². The third-order valence-electron chi connectivity index (χ3n) is 3.53. The molecule has 0 bridgehead atoms. The standard InChI is InChI=1S/C17H17ClN2O3S/c1-20(16(21)11-24-17-13(18)5-4-8-19-17)9-12-10-22-14-6-2-3-7-15(14)23-12/h2-8,12H,9-11H2,1H3/t12-/m1/s1. The van der Waals surface area contributed by atoms with Crippen molar-refractivity contribution >= 4 is 29.3 Å². The third-order valence-corrected chi connectivity index (χ3v) is 4.93. The molecule has 1 aliphatic rings. The molecule has 0 saturated heterocycles. The van der Waals surface area contributed by atoms with Crippen molar-refractivity contribution < 1.29 is 14.3 Å². The van der Waals surface area contributed by atoms with Gasteiger partial charge in [-0.15, -0.1) is 0 Å². The minimum atomic E-state index is -0.183. The Labute approximate surface area is 149 Å². The minimum absolute atomic E-state index is 0.0100. The van der Waals surface area contributed by atoms with E-state index >= 15 is 0 Å². The van der Waals surface area contributed by atoms with Gasteiger partial charge >= 0.3 is 0 Å². The van der Waals surface area contributed by atoms with Crippen LogP contribution in [0.3, 0.4) is 0 Å². The average Bonchev–Trinajstić information content (AvgIpc) is 2.60. The van der Waals surface area contributed by atoms with Crippen LogP contribution in [0.1, 0.15) is 0 Å². The Morgan fingerprint density at radius 1 is 1.33 bits per heavy atom. The summed E-state index contributed by atoms with van der Waals surface area (Å²) in [6, 6.07) is 11.1. The number of carbonyl (C=O) groups excluding carboxylic acids is 1. The quantitative estimate of drug-likeness (QED) is 0.763. The van der Waals surface area contributed by atoms with Crippen LogP contribution in [0, 0.1) is 0 Å². The Hall–Kier alpha value is -1.92. The summed E-state index contributed by atoms with van der Waals surface area (Å²) in [5.74, 6) is 1.72. The van der Waals surface area contributed by atoms with E-state index in [9.17, 15) is 4.79 Å². The molecule has 1 atom stereocenters. The van der Waals surface area contributed by atoms with E-state index in [2.05, 4.69) is 4.98 Å². The zero-order valence-electron chi connectivity index (χ0n) is 13.1. The Kier molecular flexibility index (Phi) is 5.48. The van der Waals surface area contributed by atoms with Gasteiger partial charge in [-0.2, -0.15) is 0 Å². The van der Waals surface area contributed by atoms with Crippen molar-refractivity contribution in [2.24, 2.45) is 0 Å². The third kappa shape index (κ3) is 4.13. The highest BCUT2D eigenvalue weighted by Crippen LogP contribution is 2.31. The number of hydrogen-bond donors (Lipinski definition) is 0. The molecule has 0 spiro atoms. The number of halogens is 1. The number of nitrogens with zero attached hydrogens (tertiary/aromatic N) is 2. The minimum Gasteiger partial charge on any atom is -0.486 e. The number of carbonyl (C=O) groups is 1. The molecule has 2 aromatic rings. The maximum Gasteiger partial charge on any atom is 0.232 e. The van der Waals surface area contributed by atoms with Crippen LogP contribution >= 0.6 is 23.4 Å². The molecule has 0 unspecified atom stereocenters. The molecule has 5 nitrogen and oxygen atoms in total. The maximum atomic E-state index is 12.3. The monoisotopic (exact) mass is 364 g/mol. The molecule has 7 heteroatoms. The van der Waals surface area contributed by atoms with Gasteiger partial charge in [0.2, 0.25) is 5.91 Å². The molecular formula is C17H17ClN2O3S. The number of ether oxygens (including phenoxy) is 2. The van der Waals surface area contributed by atoms with Gasteiger partial charge in [0.15, 0.2) is 17.6 Å². The van der Waals surface area contributed by atoms with Crippen molar-refractivity contribution in [3.8, 4) is 11.5 Å². The van der Waals surface area contributed by atoms with Crippen LogP contribution in [-0.2, 0) is 4.79 Å². The van der Waals surface area contributed by atoms with E-state index in [-0.39, 0.29) is 17.8 Å². The summed E-state index contributed by atoms with van der Waals surface area (Å²) in [5.41, 5.74) is 0. The lowest BCUT2D eigenvalue weighted by Crippen LogP contribution is -2.42. The highest BCUT2D eigenvalue weighted by molar-refractivity contribution is 8.00. The summed E-state index contributed by atoms with van der Waals surface area (Å²) in [5, 5.41) is 1.21. The van der Waals surface area contributed by atoms with Crippen molar-refractivity contribution in [2.45, 2.75) is 11.1 Å². The molecule has 0 fully saturated rings. The molecule has 0 saturated carbocycles. The van der Waals surface area contributed by atoms with Gasteiger partial charge in [0.25, 0.3) is 0 Å². The zero-order valence-corrected chi connectivity index (χ0v) is 14.7. The fourth-order valence-corrected chi connectivity index (χ4v) is 3.39. The first kappa shape index (κ1) is 16.9. The van der Waals surface area contributed by atoms with E-state index in [0.717, 1.165) is 5.75 Å². The van der Waals surface area contributed by atoms with E-state index in [1.54, 1.807) is 30.3 Å². The number of amides is 1. The fourth-order valence-electron chi connectivity index (χ4n) is 2.28. The van der Waals surface area contributed by atoms with Gasteiger partial charge in [-0.25, -0.2) is 4.98 Å². The van der Waals surface area contributed by atoms with Gasteiger partial charge in [0.05, 0.1) is 17.3 Å². The van der Waals surface area contributed by atoms with E-state index in [1.807, 2.05) is 24.3 Å². The Balaban J connectivity index is 1.51. The Morgan fingerprint density at radius 2 is 2.12 bits per heavy atom. The van der Waals surface area contributed by atoms with Gasteiger partial charge in [-0.3, -0.25) is 4.79 Å². The van der Waals surface area contributed by atoms with Crippen LogP contribution in [0.5, 0.6) is 11.5 Å². The molecule has 2 heterocycles. The summed E-state index contributed by atoms with van der Waals surface area (Å²) in [6.45, 7) is 0.886. The largest absolute Gasteiger partial charge is 0.486 e. The summed E-state index contributed by atoms with van der Waals surface area (Å²) in [4.78, 5) is 18.1. The number of fused-ring (bicyclic) bond motifs is 1. The first-order valence-electron chi connectivity index (χ1n) is 7.49. The highest BCUT2D eigenvalue weighted by atomic mass is 35.5. The number of rotatable bonds is 5. The number of para-hydroxylation sites is 2. The number of hydrogen-bond acceptors (Lipinski definition) is 5. The van der Waals surface area contributed by atoms with Crippen molar-refractivity contribution in [2.75, 3.05) is 26.0 Å². The van der Waals surface area contributed by atoms with E-state index in [1.165, 1.54) is 11.8 Å². The molecule has 1 aliphatic heterocycles. The Morgan fingerprint density at radius 3 is 2.92 bits per heavy atom. The van der Waals surface area contributed by atoms with Crippen molar-refractivity contribution in [3.05, 3.63) is 47.6 Å². The molecule has 0 radical (unpaired) electrons. The van der Waals surface area contributed by atoms with E-state index in [4.69, 9.17) is 21.1 Å². The van der Waals surface area contributed by atoms with Crippen LogP contribution in [0.2, 0.25) is 5.02 Å². The lowest BCUT2D eigenvalue weighted by Gasteiger charge is -2.29. The smallest absolute Gasteiger partial charge is 0.232 e. The second-order valence-corrected chi connectivity index (χ2v) is 6.72. The highest BCUT2D eigenvalue weighted by Gasteiger charge is 2.23. The van der Waals surface area contributed by atoms with Gasteiger partial charge < -0.3 is 14.4 Å². The van der Waals surface area contributed by atoms with Crippen molar-refractivity contribution in [1.82, 2.24) is 9.88 Å². The normalized spacial score (nSPS) is 15.8. The molecule has 24 heavy (non-hydrogen) atoms. The van der Waals surface area contributed by atoms with E-state index < -0.39 is 0 Å². The lowest BCUT2D eigenvalue weighted by molar-refractivity contribution is -0.128. The van der Waals surface area contributed by atoms with Crippen molar-refractivity contribution in [1.29, 1.82) is 0 Å². The first-order chi connectivity index (χ1) is 11.6. The van der Waals surface area contributed by atoms with E-state index in [0.29, 0.717) is 28.9 Å². The lowest BCUT2D eigenvalue weighted by atomic mass is 10.2. The molecule has 126 valence electrons. The van der Waals surface area contributed by atoms with Crippen LogP contribution in [0.15, 0.2) is 47.6 Å². The predicted octanol–water partition coefficient (Wildman–Crippen LogP) is 3.13. The number of aromatic nitrogens is 1. The summed E-state index contributed by atoms with van der Waals surface area (Å²) >= 11 is 7.37. The van der Waals surface area contributed by atoms with Crippen LogP contribution in [0.25, 0.3) is 0 Å². The maximum absolute atomic E-state index is 12.3. The molecule has 0 aliphatic carbocycles. The molecule has 1 amide bonds. The summed E-state index contributed by atoms with van der Waals surface area (Å²) in [7, 11) is 1.76. The van der Waals surface area contributed by atoms with Crippen LogP contribution in [-0.4, -0.2) is 47.8 Å². The fraction of sp³-hybridized carbons (Fsp3) is 0.294.